The molecule has 0 spiro atoms. The third-order valence-electron chi connectivity index (χ3n) is 3.60. The number of hydrogen-bond donors (Lipinski definition) is 2. The molecular formula is C20H16ClNO4. The highest BCUT2D eigenvalue weighted by atomic mass is 35.5. The molecule has 0 saturated heterocycles. The van der Waals surface area contributed by atoms with Crippen LogP contribution in [0.5, 0.6) is 23.0 Å². The van der Waals surface area contributed by atoms with Crippen LogP contribution in [0, 0.1) is 0 Å². The normalized spacial score (nSPS) is 10.2. The van der Waals surface area contributed by atoms with Gasteiger partial charge in [-0.2, -0.15) is 0 Å². The lowest BCUT2D eigenvalue weighted by molar-refractivity contribution is 0.102. The highest BCUT2D eigenvalue weighted by molar-refractivity contribution is 6.31. The molecule has 3 aromatic carbocycles. The predicted molar refractivity (Wildman–Crippen MR) is 101 cm³/mol. The van der Waals surface area contributed by atoms with Crippen LogP contribution < -0.4 is 14.8 Å². The van der Waals surface area contributed by atoms with Crippen molar-refractivity contribution in [1.82, 2.24) is 0 Å². The minimum atomic E-state index is -0.514. The Morgan fingerprint density at radius 2 is 1.77 bits per heavy atom. The number of hydrogen-bond acceptors (Lipinski definition) is 4. The number of benzene rings is 3. The van der Waals surface area contributed by atoms with Gasteiger partial charge in [0, 0.05) is 11.1 Å². The SMILES string of the molecule is COc1ccc(Oc2ccccc2)cc1NC(=O)c1cc(Cl)ccc1O. The van der Waals surface area contributed by atoms with Crippen LogP contribution in [-0.4, -0.2) is 18.1 Å². The van der Waals surface area contributed by atoms with Crippen LogP contribution in [0.15, 0.2) is 66.7 Å². The number of anilines is 1. The second kappa shape index (κ2) is 7.80. The van der Waals surface area contributed by atoms with Gasteiger partial charge in [-0.1, -0.05) is 29.8 Å². The number of phenols is 1. The summed E-state index contributed by atoms with van der Waals surface area (Å²) in [5.74, 6) is 0.980. The Morgan fingerprint density at radius 1 is 1.00 bits per heavy atom. The van der Waals surface area contributed by atoms with Crippen molar-refractivity contribution in [3.05, 3.63) is 77.3 Å². The van der Waals surface area contributed by atoms with Crippen LogP contribution in [0.25, 0.3) is 0 Å². The van der Waals surface area contributed by atoms with E-state index in [1.54, 1.807) is 18.2 Å². The fourth-order valence-corrected chi connectivity index (χ4v) is 2.52. The van der Waals surface area contributed by atoms with Crippen molar-refractivity contribution in [2.75, 3.05) is 12.4 Å². The second-order valence-corrected chi connectivity index (χ2v) is 5.83. The molecule has 5 nitrogen and oxygen atoms in total. The van der Waals surface area contributed by atoms with E-state index < -0.39 is 5.91 Å². The van der Waals surface area contributed by atoms with Crippen LogP contribution in [0.3, 0.4) is 0 Å². The number of para-hydroxylation sites is 1. The third-order valence-corrected chi connectivity index (χ3v) is 3.84. The molecular weight excluding hydrogens is 354 g/mol. The van der Waals surface area contributed by atoms with Crippen LogP contribution in [0.2, 0.25) is 5.02 Å². The van der Waals surface area contributed by atoms with Gasteiger partial charge in [0.1, 0.15) is 23.0 Å². The van der Waals surface area contributed by atoms with E-state index in [9.17, 15) is 9.90 Å². The zero-order valence-corrected chi connectivity index (χ0v) is 14.7. The molecule has 3 aromatic rings. The lowest BCUT2D eigenvalue weighted by Gasteiger charge is -2.13. The molecule has 0 aliphatic heterocycles. The van der Waals surface area contributed by atoms with Crippen molar-refractivity contribution in [3.63, 3.8) is 0 Å². The van der Waals surface area contributed by atoms with Gasteiger partial charge >= 0.3 is 0 Å². The summed E-state index contributed by atoms with van der Waals surface area (Å²) in [5.41, 5.74) is 0.472. The number of ether oxygens (including phenoxy) is 2. The number of halogens is 1. The molecule has 0 heterocycles. The number of carbonyl (C=O) groups is 1. The third kappa shape index (κ3) is 4.07. The predicted octanol–water partition coefficient (Wildman–Crippen LogP) is 5.10. The molecule has 2 N–H and O–H groups in total. The summed E-state index contributed by atoms with van der Waals surface area (Å²) in [6.07, 6.45) is 0. The van der Waals surface area contributed by atoms with Gasteiger partial charge in [0.15, 0.2) is 0 Å². The highest BCUT2D eigenvalue weighted by Crippen LogP contribution is 2.32. The molecule has 0 aliphatic carbocycles. The second-order valence-electron chi connectivity index (χ2n) is 5.39. The molecule has 132 valence electrons. The number of rotatable bonds is 5. The van der Waals surface area contributed by atoms with Gasteiger partial charge in [0.25, 0.3) is 5.91 Å². The van der Waals surface area contributed by atoms with Crippen LogP contribution in [0.4, 0.5) is 5.69 Å². The first-order valence-electron chi connectivity index (χ1n) is 7.77. The van der Waals surface area contributed by atoms with Crippen molar-refractivity contribution < 1.29 is 19.4 Å². The Labute approximate surface area is 155 Å². The average Bonchev–Trinajstić information content (AvgIpc) is 2.65. The van der Waals surface area contributed by atoms with E-state index in [1.807, 2.05) is 30.3 Å². The Bertz CT molecular complexity index is 928. The average molecular weight is 370 g/mol. The van der Waals surface area contributed by atoms with E-state index in [2.05, 4.69) is 5.32 Å². The smallest absolute Gasteiger partial charge is 0.259 e. The monoisotopic (exact) mass is 369 g/mol. The van der Waals surface area contributed by atoms with Crippen LogP contribution in [-0.2, 0) is 0 Å². The Balaban J connectivity index is 1.87. The lowest BCUT2D eigenvalue weighted by atomic mass is 10.1. The van der Waals surface area contributed by atoms with Gasteiger partial charge in [-0.05, 0) is 42.5 Å². The zero-order valence-electron chi connectivity index (χ0n) is 13.9. The van der Waals surface area contributed by atoms with Crippen LogP contribution >= 0.6 is 11.6 Å². The molecule has 0 fully saturated rings. The first kappa shape index (κ1) is 17.6. The summed E-state index contributed by atoms with van der Waals surface area (Å²) >= 11 is 5.90. The number of methoxy groups -OCH3 is 1. The Hall–Kier alpha value is -3.18. The number of carbonyl (C=O) groups excluding carboxylic acids is 1. The molecule has 1 amide bonds. The molecule has 0 aliphatic rings. The quantitative estimate of drug-likeness (QED) is 0.656. The van der Waals surface area contributed by atoms with E-state index in [1.165, 1.54) is 25.3 Å². The maximum atomic E-state index is 12.5. The highest BCUT2D eigenvalue weighted by Gasteiger charge is 2.15. The fraction of sp³-hybridized carbons (Fsp3) is 0.0500. The Kier molecular flexibility index (Phi) is 5.29. The summed E-state index contributed by atoms with van der Waals surface area (Å²) in [4.78, 5) is 12.5. The largest absolute Gasteiger partial charge is 0.507 e. The van der Waals surface area contributed by atoms with E-state index >= 15 is 0 Å². The van der Waals surface area contributed by atoms with Gasteiger partial charge in [-0.3, -0.25) is 4.79 Å². The van der Waals surface area contributed by atoms with Crippen LogP contribution in [0.1, 0.15) is 10.4 Å². The minimum Gasteiger partial charge on any atom is -0.507 e. The molecule has 3 rings (SSSR count). The number of phenolic OH excluding ortho intramolecular Hbond substituents is 1. The van der Waals surface area contributed by atoms with Crippen molar-refractivity contribution in [3.8, 4) is 23.0 Å². The van der Waals surface area contributed by atoms with Gasteiger partial charge in [0.2, 0.25) is 0 Å². The number of amides is 1. The van der Waals surface area contributed by atoms with Crippen molar-refractivity contribution in [1.29, 1.82) is 0 Å². The molecule has 0 saturated carbocycles. The first-order chi connectivity index (χ1) is 12.6. The summed E-state index contributed by atoms with van der Waals surface area (Å²) in [6.45, 7) is 0. The number of nitrogens with one attached hydrogen (secondary N) is 1. The molecule has 6 heteroatoms. The minimum absolute atomic E-state index is 0.0638. The summed E-state index contributed by atoms with van der Waals surface area (Å²) in [7, 11) is 1.50. The molecule has 0 radical (unpaired) electrons. The topological polar surface area (TPSA) is 67.8 Å². The molecule has 0 unspecified atom stereocenters. The zero-order chi connectivity index (χ0) is 18.5. The molecule has 0 bridgehead atoms. The maximum absolute atomic E-state index is 12.5. The van der Waals surface area contributed by atoms with Gasteiger partial charge < -0.3 is 19.9 Å². The van der Waals surface area contributed by atoms with Crippen molar-refractivity contribution >= 4 is 23.2 Å². The molecule has 0 aromatic heterocycles. The standard InChI is InChI=1S/C20H16ClNO4/c1-25-19-10-8-15(26-14-5-3-2-4-6-14)12-17(19)22-20(24)16-11-13(21)7-9-18(16)23/h2-12,23H,1H3,(H,22,24). The summed E-state index contributed by atoms with van der Waals surface area (Å²) < 4.78 is 11.1. The van der Waals surface area contributed by atoms with E-state index in [-0.39, 0.29) is 11.3 Å². The maximum Gasteiger partial charge on any atom is 0.259 e. The van der Waals surface area contributed by atoms with Crippen molar-refractivity contribution in [2.45, 2.75) is 0 Å². The van der Waals surface area contributed by atoms with Gasteiger partial charge in [-0.25, -0.2) is 0 Å². The van der Waals surface area contributed by atoms with Crippen molar-refractivity contribution in [2.24, 2.45) is 0 Å². The number of aromatic hydroxyl groups is 1. The fourth-order valence-electron chi connectivity index (χ4n) is 2.35. The lowest BCUT2D eigenvalue weighted by Crippen LogP contribution is -2.13. The van der Waals surface area contributed by atoms with Gasteiger partial charge in [0.05, 0.1) is 18.4 Å². The Morgan fingerprint density at radius 3 is 2.50 bits per heavy atom. The first-order valence-corrected chi connectivity index (χ1v) is 8.15. The van der Waals surface area contributed by atoms with E-state index in [4.69, 9.17) is 21.1 Å². The summed E-state index contributed by atoms with van der Waals surface area (Å²) in [5, 5.41) is 12.9. The molecule has 0 atom stereocenters. The summed E-state index contributed by atoms with van der Waals surface area (Å²) in [6, 6.07) is 18.6. The van der Waals surface area contributed by atoms with E-state index in [0.717, 1.165) is 0 Å². The van der Waals surface area contributed by atoms with Gasteiger partial charge in [-0.15, -0.1) is 0 Å². The molecule has 26 heavy (non-hydrogen) atoms. The van der Waals surface area contributed by atoms with E-state index in [0.29, 0.717) is 28.0 Å².